The number of thiazole rings is 1. The van der Waals surface area contributed by atoms with Gasteiger partial charge in [-0.1, -0.05) is 48.5 Å². The SMILES string of the molecule is CC(C)NCCC(C)(C)Cc1nc(C(C)(C)C)cs1. The van der Waals surface area contributed by atoms with Gasteiger partial charge in [0.05, 0.1) is 10.7 Å². The summed E-state index contributed by atoms with van der Waals surface area (Å²) in [7, 11) is 0. The Labute approximate surface area is 123 Å². The zero-order valence-corrected chi connectivity index (χ0v) is 14.4. The van der Waals surface area contributed by atoms with E-state index in [4.69, 9.17) is 4.98 Å². The summed E-state index contributed by atoms with van der Waals surface area (Å²) < 4.78 is 0. The molecule has 1 rings (SSSR count). The molecule has 110 valence electrons. The van der Waals surface area contributed by atoms with E-state index in [9.17, 15) is 0 Å². The Hall–Kier alpha value is -0.410. The van der Waals surface area contributed by atoms with Crippen molar-refractivity contribution >= 4 is 11.3 Å². The monoisotopic (exact) mass is 282 g/mol. The largest absolute Gasteiger partial charge is 0.315 e. The summed E-state index contributed by atoms with van der Waals surface area (Å²) >= 11 is 1.81. The Balaban J connectivity index is 2.55. The minimum Gasteiger partial charge on any atom is -0.315 e. The third kappa shape index (κ3) is 6.05. The second kappa shape index (κ2) is 6.36. The highest BCUT2D eigenvalue weighted by Gasteiger charge is 2.22. The Bertz CT molecular complexity index is 386. The van der Waals surface area contributed by atoms with Crippen LogP contribution in [0.1, 0.15) is 65.6 Å². The molecule has 2 nitrogen and oxygen atoms in total. The minimum absolute atomic E-state index is 0.165. The van der Waals surface area contributed by atoms with E-state index in [1.54, 1.807) is 0 Å². The van der Waals surface area contributed by atoms with Crippen molar-refractivity contribution in [1.82, 2.24) is 10.3 Å². The van der Waals surface area contributed by atoms with Crippen LogP contribution in [0, 0.1) is 5.41 Å². The van der Waals surface area contributed by atoms with Crippen LogP contribution in [-0.2, 0) is 11.8 Å². The Morgan fingerprint density at radius 3 is 2.32 bits per heavy atom. The van der Waals surface area contributed by atoms with Crippen LogP contribution in [0.3, 0.4) is 0 Å². The molecule has 0 amide bonds. The van der Waals surface area contributed by atoms with Gasteiger partial charge in [-0.05, 0) is 18.4 Å². The fourth-order valence-electron chi connectivity index (χ4n) is 1.93. The molecule has 0 atom stereocenters. The molecule has 0 saturated carbocycles. The van der Waals surface area contributed by atoms with E-state index in [2.05, 4.69) is 59.2 Å². The van der Waals surface area contributed by atoms with Crippen molar-refractivity contribution in [2.24, 2.45) is 5.41 Å². The van der Waals surface area contributed by atoms with Gasteiger partial charge in [0, 0.05) is 23.3 Å². The van der Waals surface area contributed by atoms with E-state index in [1.807, 2.05) is 11.3 Å². The second-order valence-electron chi connectivity index (χ2n) is 7.58. The highest BCUT2D eigenvalue weighted by molar-refractivity contribution is 7.09. The molecule has 1 aromatic rings. The van der Waals surface area contributed by atoms with Gasteiger partial charge in [0.15, 0.2) is 0 Å². The first-order valence-electron chi connectivity index (χ1n) is 7.28. The van der Waals surface area contributed by atoms with E-state index in [-0.39, 0.29) is 5.41 Å². The summed E-state index contributed by atoms with van der Waals surface area (Å²) in [6.07, 6.45) is 2.27. The van der Waals surface area contributed by atoms with Crippen molar-refractivity contribution in [2.75, 3.05) is 6.54 Å². The first-order chi connectivity index (χ1) is 8.60. The van der Waals surface area contributed by atoms with E-state index in [0.29, 0.717) is 11.5 Å². The predicted molar refractivity (Wildman–Crippen MR) is 86.1 cm³/mol. The third-order valence-corrected chi connectivity index (χ3v) is 4.15. The van der Waals surface area contributed by atoms with Crippen LogP contribution in [0.15, 0.2) is 5.38 Å². The zero-order valence-electron chi connectivity index (χ0n) is 13.6. The highest BCUT2D eigenvalue weighted by atomic mass is 32.1. The summed E-state index contributed by atoms with van der Waals surface area (Å²) in [5.41, 5.74) is 1.70. The van der Waals surface area contributed by atoms with Gasteiger partial charge in [-0.25, -0.2) is 4.98 Å². The van der Waals surface area contributed by atoms with Crippen LogP contribution in [0.2, 0.25) is 0 Å². The standard InChI is InChI=1S/C16H30N2S/c1-12(2)17-9-8-16(6,7)10-14-18-13(11-19-14)15(3,4)5/h11-12,17H,8-10H2,1-7H3. The predicted octanol–water partition coefficient (Wildman–Crippen LogP) is 4.40. The van der Waals surface area contributed by atoms with Gasteiger partial charge in [-0.15, -0.1) is 11.3 Å². The highest BCUT2D eigenvalue weighted by Crippen LogP contribution is 2.30. The smallest absolute Gasteiger partial charge is 0.0933 e. The average Bonchev–Trinajstić information content (AvgIpc) is 2.63. The number of hydrogen-bond acceptors (Lipinski definition) is 3. The van der Waals surface area contributed by atoms with Gasteiger partial charge in [-0.2, -0.15) is 0 Å². The maximum absolute atomic E-state index is 4.81. The molecule has 19 heavy (non-hydrogen) atoms. The second-order valence-corrected chi connectivity index (χ2v) is 8.52. The maximum Gasteiger partial charge on any atom is 0.0933 e. The average molecular weight is 282 g/mol. The molecule has 0 spiro atoms. The molecule has 1 aromatic heterocycles. The lowest BCUT2D eigenvalue weighted by atomic mass is 9.86. The maximum atomic E-state index is 4.81. The van der Waals surface area contributed by atoms with Gasteiger partial charge in [-0.3, -0.25) is 0 Å². The van der Waals surface area contributed by atoms with Gasteiger partial charge in [0.2, 0.25) is 0 Å². The summed E-state index contributed by atoms with van der Waals surface area (Å²) in [6, 6.07) is 0.572. The molecule has 0 aliphatic rings. The summed E-state index contributed by atoms with van der Waals surface area (Å²) in [6.45, 7) is 16.8. The number of nitrogens with one attached hydrogen (secondary N) is 1. The number of nitrogens with zero attached hydrogens (tertiary/aromatic N) is 1. The normalized spacial score (nSPS) is 13.3. The molecule has 1 heterocycles. The molecule has 0 saturated heterocycles. The molecule has 0 aliphatic heterocycles. The molecular weight excluding hydrogens is 252 g/mol. The van der Waals surface area contributed by atoms with Crippen LogP contribution < -0.4 is 5.32 Å². The fraction of sp³-hybridized carbons (Fsp3) is 0.812. The van der Waals surface area contributed by atoms with Crippen LogP contribution in [0.5, 0.6) is 0 Å². The van der Waals surface area contributed by atoms with E-state index in [0.717, 1.165) is 13.0 Å². The molecule has 0 aromatic carbocycles. The summed E-state index contributed by atoms with van der Waals surface area (Å²) in [4.78, 5) is 4.81. The topological polar surface area (TPSA) is 24.9 Å². The van der Waals surface area contributed by atoms with E-state index < -0.39 is 0 Å². The molecule has 0 aliphatic carbocycles. The summed E-state index contributed by atoms with van der Waals surface area (Å²) in [5, 5.41) is 7.00. The van der Waals surface area contributed by atoms with Crippen LogP contribution >= 0.6 is 11.3 Å². The van der Waals surface area contributed by atoms with Crippen LogP contribution in [0.25, 0.3) is 0 Å². The number of rotatable bonds is 6. The lowest BCUT2D eigenvalue weighted by Gasteiger charge is -2.24. The first-order valence-corrected chi connectivity index (χ1v) is 8.16. The van der Waals surface area contributed by atoms with Crippen molar-refractivity contribution < 1.29 is 0 Å². The molecule has 0 bridgehead atoms. The van der Waals surface area contributed by atoms with Gasteiger partial charge >= 0.3 is 0 Å². The molecule has 0 fully saturated rings. The van der Waals surface area contributed by atoms with Crippen molar-refractivity contribution in [3.63, 3.8) is 0 Å². The Morgan fingerprint density at radius 1 is 1.21 bits per heavy atom. The van der Waals surface area contributed by atoms with Crippen LogP contribution in [0.4, 0.5) is 0 Å². The number of hydrogen-bond donors (Lipinski definition) is 1. The first kappa shape index (κ1) is 16.6. The zero-order chi connectivity index (χ0) is 14.7. The summed E-state index contributed by atoms with van der Waals surface area (Å²) in [5.74, 6) is 0. The quantitative estimate of drug-likeness (QED) is 0.836. The van der Waals surface area contributed by atoms with Gasteiger partial charge in [0.25, 0.3) is 0 Å². The lowest BCUT2D eigenvalue weighted by Crippen LogP contribution is -2.28. The van der Waals surface area contributed by atoms with Gasteiger partial charge < -0.3 is 5.32 Å². The Morgan fingerprint density at radius 2 is 1.84 bits per heavy atom. The molecule has 0 unspecified atom stereocenters. The van der Waals surface area contributed by atoms with E-state index >= 15 is 0 Å². The van der Waals surface area contributed by atoms with Crippen molar-refractivity contribution in [3.05, 3.63) is 16.1 Å². The van der Waals surface area contributed by atoms with Crippen LogP contribution in [-0.4, -0.2) is 17.6 Å². The van der Waals surface area contributed by atoms with E-state index in [1.165, 1.54) is 17.1 Å². The molecular formula is C16H30N2S. The van der Waals surface area contributed by atoms with Crippen molar-refractivity contribution in [2.45, 2.75) is 72.8 Å². The lowest BCUT2D eigenvalue weighted by molar-refractivity contribution is 0.319. The minimum atomic E-state index is 0.165. The van der Waals surface area contributed by atoms with Gasteiger partial charge in [0.1, 0.15) is 0 Å². The van der Waals surface area contributed by atoms with Crippen molar-refractivity contribution in [3.8, 4) is 0 Å². The molecule has 3 heteroatoms. The van der Waals surface area contributed by atoms with Crippen molar-refractivity contribution in [1.29, 1.82) is 0 Å². The molecule has 0 radical (unpaired) electrons. The molecule has 1 N–H and O–H groups in total. The Kier molecular flexibility index (Phi) is 5.57. The fourth-order valence-corrected chi connectivity index (χ4v) is 3.21. The third-order valence-electron chi connectivity index (χ3n) is 3.30. The number of aromatic nitrogens is 1.